The van der Waals surface area contributed by atoms with E-state index in [1.54, 1.807) is 6.26 Å². The minimum Gasteiger partial charge on any atom is -0.435 e. The van der Waals surface area contributed by atoms with Crippen molar-refractivity contribution in [1.29, 1.82) is 0 Å². The van der Waals surface area contributed by atoms with Gasteiger partial charge in [-0.05, 0) is 29.5 Å². The normalized spacial score (nSPS) is 12.7. The fraction of sp³-hybridized carbons (Fsp3) is 0.625. The van der Waals surface area contributed by atoms with Gasteiger partial charge in [0.25, 0.3) is 0 Å². The first-order valence-corrected chi connectivity index (χ1v) is 10.5. The molecule has 2 heteroatoms. The highest BCUT2D eigenvalue weighted by atomic mass is 16.5. The maximum Gasteiger partial charge on any atom is 0.310 e. The van der Waals surface area contributed by atoms with Gasteiger partial charge in [-0.1, -0.05) is 96.9 Å². The lowest BCUT2D eigenvalue weighted by atomic mass is 9.95. The molecule has 0 spiro atoms. The maximum atomic E-state index is 11.8. The smallest absolute Gasteiger partial charge is 0.310 e. The van der Waals surface area contributed by atoms with Gasteiger partial charge in [0.1, 0.15) is 0 Å². The molecule has 1 aromatic rings. The van der Waals surface area contributed by atoms with E-state index in [2.05, 4.69) is 52.0 Å². The number of hydrogen-bond donors (Lipinski definition) is 0. The first-order chi connectivity index (χ1) is 12.5. The standard InChI is InChI=1S/C24H38O2/c1-5-6-7-8-9-10-11-12-16-24(25)26-18-17-21(4)23-15-13-14-22(19-23)20(2)3/h13-15,17-21H,5-12,16H2,1-4H3. The van der Waals surface area contributed by atoms with Gasteiger partial charge >= 0.3 is 5.97 Å². The molecular formula is C24H38O2. The maximum absolute atomic E-state index is 11.8. The Labute approximate surface area is 161 Å². The summed E-state index contributed by atoms with van der Waals surface area (Å²) in [6, 6.07) is 8.63. The fourth-order valence-corrected chi connectivity index (χ4v) is 3.01. The Balaban J connectivity index is 2.20. The molecule has 0 aliphatic carbocycles. The average molecular weight is 359 g/mol. The summed E-state index contributed by atoms with van der Waals surface area (Å²) in [6.07, 6.45) is 14.0. The zero-order valence-corrected chi connectivity index (χ0v) is 17.3. The SMILES string of the molecule is CCCCCCCCCCC(=O)OC=CC(C)c1cccc(C(C)C)c1. The summed E-state index contributed by atoms with van der Waals surface area (Å²) in [5.41, 5.74) is 2.60. The summed E-state index contributed by atoms with van der Waals surface area (Å²) in [6.45, 7) is 8.77. The van der Waals surface area contributed by atoms with E-state index in [1.165, 1.54) is 49.7 Å². The molecule has 0 fully saturated rings. The van der Waals surface area contributed by atoms with Crippen LogP contribution in [0.3, 0.4) is 0 Å². The van der Waals surface area contributed by atoms with Crippen molar-refractivity contribution in [3.05, 3.63) is 47.7 Å². The van der Waals surface area contributed by atoms with Crippen molar-refractivity contribution in [1.82, 2.24) is 0 Å². The predicted octanol–water partition coefficient (Wildman–Crippen LogP) is 7.50. The van der Waals surface area contributed by atoms with Gasteiger partial charge < -0.3 is 4.74 Å². The van der Waals surface area contributed by atoms with Gasteiger partial charge in [0.05, 0.1) is 6.26 Å². The molecule has 2 nitrogen and oxygen atoms in total. The second-order valence-electron chi connectivity index (χ2n) is 7.66. The van der Waals surface area contributed by atoms with E-state index in [9.17, 15) is 4.79 Å². The van der Waals surface area contributed by atoms with Crippen LogP contribution in [0.25, 0.3) is 0 Å². The molecule has 0 saturated carbocycles. The number of carbonyl (C=O) groups is 1. The predicted molar refractivity (Wildman–Crippen MR) is 111 cm³/mol. The zero-order chi connectivity index (χ0) is 19.2. The van der Waals surface area contributed by atoms with Crippen LogP contribution < -0.4 is 0 Å². The third-order valence-corrected chi connectivity index (χ3v) is 4.90. The lowest BCUT2D eigenvalue weighted by Crippen LogP contribution is -2.00. The third-order valence-electron chi connectivity index (χ3n) is 4.90. The second kappa shape index (κ2) is 13.6. The molecule has 1 rings (SSSR count). The minimum absolute atomic E-state index is 0.115. The lowest BCUT2D eigenvalue weighted by molar-refractivity contribution is -0.138. The van der Waals surface area contributed by atoms with Crippen molar-refractivity contribution in [2.45, 2.75) is 97.3 Å². The van der Waals surface area contributed by atoms with Gasteiger partial charge in [-0.15, -0.1) is 0 Å². The van der Waals surface area contributed by atoms with Crippen molar-refractivity contribution in [3.63, 3.8) is 0 Å². The topological polar surface area (TPSA) is 26.3 Å². The molecule has 1 atom stereocenters. The van der Waals surface area contributed by atoms with Crippen molar-refractivity contribution in [2.75, 3.05) is 0 Å². The lowest BCUT2D eigenvalue weighted by Gasteiger charge is -2.11. The summed E-state index contributed by atoms with van der Waals surface area (Å²) >= 11 is 0. The number of carbonyl (C=O) groups excluding carboxylic acids is 1. The molecule has 1 unspecified atom stereocenters. The van der Waals surface area contributed by atoms with E-state index in [-0.39, 0.29) is 11.9 Å². The molecule has 0 bridgehead atoms. The number of hydrogen-bond acceptors (Lipinski definition) is 2. The molecule has 0 amide bonds. The molecule has 0 N–H and O–H groups in total. The summed E-state index contributed by atoms with van der Waals surface area (Å²) in [7, 11) is 0. The van der Waals surface area contributed by atoms with Crippen LogP contribution in [0.5, 0.6) is 0 Å². The average Bonchev–Trinajstić information content (AvgIpc) is 2.64. The molecule has 0 aromatic heterocycles. The van der Waals surface area contributed by atoms with Gasteiger partial charge in [0.2, 0.25) is 0 Å². The van der Waals surface area contributed by atoms with Crippen LogP contribution in [0, 0.1) is 0 Å². The highest BCUT2D eigenvalue weighted by Gasteiger charge is 2.06. The van der Waals surface area contributed by atoms with Crippen molar-refractivity contribution in [3.8, 4) is 0 Å². The van der Waals surface area contributed by atoms with E-state index < -0.39 is 0 Å². The van der Waals surface area contributed by atoms with E-state index >= 15 is 0 Å². The summed E-state index contributed by atoms with van der Waals surface area (Å²) < 4.78 is 5.25. The number of rotatable bonds is 13. The largest absolute Gasteiger partial charge is 0.435 e. The molecule has 26 heavy (non-hydrogen) atoms. The van der Waals surface area contributed by atoms with Crippen LogP contribution in [0.15, 0.2) is 36.6 Å². The number of esters is 1. The van der Waals surface area contributed by atoms with E-state index in [0.29, 0.717) is 12.3 Å². The Morgan fingerprint density at radius 2 is 1.58 bits per heavy atom. The molecule has 0 radical (unpaired) electrons. The molecule has 0 aliphatic heterocycles. The molecular weight excluding hydrogens is 320 g/mol. The fourth-order valence-electron chi connectivity index (χ4n) is 3.01. The first-order valence-electron chi connectivity index (χ1n) is 10.5. The molecule has 1 aromatic carbocycles. The molecule has 0 heterocycles. The van der Waals surface area contributed by atoms with Crippen LogP contribution in [0.1, 0.15) is 108 Å². The van der Waals surface area contributed by atoms with Crippen molar-refractivity contribution in [2.24, 2.45) is 0 Å². The minimum atomic E-state index is -0.115. The second-order valence-corrected chi connectivity index (χ2v) is 7.66. The Kier molecular flexibility index (Phi) is 11.8. The molecule has 0 saturated heterocycles. The van der Waals surface area contributed by atoms with Gasteiger partial charge in [-0.25, -0.2) is 0 Å². The highest BCUT2D eigenvalue weighted by molar-refractivity contribution is 5.69. The number of allylic oxidation sites excluding steroid dienone is 1. The van der Waals surface area contributed by atoms with Crippen LogP contribution in [-0.4, -0.2) is 5.97 Å². The van der Waals surface area contributed by atoms with Crippen LogP contribution in [-0.2, 0) is 9.53 Å². The zero-order valence-electron chi connectivity index (χ0n) is 17.3. The summed E-state index contributed by atoms with van der Waals surface area (Å²) in [5.74, 6) is 0.649. The van der Waals surface area contributed by atoms with E-state index in [4.69, 9.17) is 4.74 Å². The Morgan fingerprint density at radius 3 is 2.23 bits per heavy atom. The number of benzene rings is 1. The third kappa shape index (κ3) is 9.79. The first kappa shape index (κ1) is 22.5. The Morgan fingerprint density at radius 1 is 0.962 bits per heavy atom. The van der Waals surface area contributed by atoms with Crippen molar-refractivity contribution < 1.29 is 9.53 Å². The molecule has 146 valence electrons. The Hall–Kier alpha value is -1.57. The van der Waals surface area contributed by atoms with Gasteiger partial charge in [0.15, 0.2) is 0 Å². The van der Waals surface area contributed by atoms with E-state index in [0.717, 1.165) is 12.8 Å². The van der Waals surface area contributed by atoms with Gasteiger partial charge in [-0.3, -0.25) is 4.79 Å². The van der Waals surface area contributed by atoms with Crippen molar-refractivity contribution >= 4 is 5.97 Å². The molecule has 0 aliphatic rings. The monoisotopic (exact) mass is 358 g/mol. The van der Waals surface area contributed by atoms with Gasteiger partial charge in [0, 0.05) is 12.3 Å². The summed E-state index contributed by atoms with van der Waals surface area (Å²) in [4.78, 5) is 11.8. The van der Waals surface area contributed by atoms with Crippen LogP contribution in [0.2, 0.25) is 0 Å². The van der Waals surface area contributed by atoms with Crippen LogP contribution in [0.4, 0.5) is 0 Å². The highest BCUT2D eigenvalue weighted by Crippen LogP contribution is 2.22. The quantitative estimate of drug-likeness (QED) is 0.207. The number of unbranched alkanes of at least 4 members (excludes halogenated alkanes) is 7. The number of ether oxygens (including phenoxy) is 1. The van der Waals surface area contributed by atoms with Gasteiger partial charge in [-0.2, -0.15) is 0 Å². The van der Waals surface area contributed by atoms with E-state index in [1.807, 2.05) is 6.08 Å². The summed E-state index contributed by atoms with van der Waals surface area (Å²) in [5, 5.41) is 0. The Bertz CT molecular complexity index is 531. The van der Waals surface area contributed by atoms with Crippen LogP contribution >= 0.6 is 0 Å².